The van der Waals surface area contributed by atoms with E-state index in [-0.39, 0.29) is 0 Å². The predicted octanol–water partition coefficient (Wildman–Crippen LogP) is 3.87. The molecule has 4 nitrogen and oxygen atoms in total. The fourth-order valence-electron chi connectivity index (χ4n) is 4.18. The average molecular weight is 372 g/mol. The Morgan fingerprint density at radius 1 is 0.962 bits per heavy atom. The van der Waals surface area contributed by atoms with E-state index in [9.17, 15) is 4.79 Å². The van der Waals surface area contributed by atoms with Crippen LogP contribution in [0.2, 0.25) is 5.02 Å². The van der Waals surface area contributed by atoms with Crippen LogP contribution in [0.3, 0.4) is 0 Å². The van der Waals surface area contributed by atoms with Gasteiger partial charge in [0.25, 0.3) is 0 Å². The fraction of sp³-hybridized carbons (Fsp3) is 0.476. The van der Waals surface area contributed by atoms with Gasteiger partial charge in [0.1, 0.15) is 0 Å². The minimum atomic E-state index is 0.320. The maximum Gasteiger partial charge on any atom is 0.164 e. The van der Waals surface area contributed by atoms with Crippen molar-refractivity contribution in [1.82, 2.24) is 9.47 Å². The van der Waals surface area contributed by atoms with Crippen LogP contribution in [-0.4, -0.2) is 48.0 Å². The molecule has 1 aliphatic carbocycles. The summed E-state index contributed by atoms with van der Waals surface area (Å²) in [7, 11) is 0. The van der Waals surface area contributed by atoms with Crippen molar-refractivity contribution in [3.63, 3.8) is 0 Å². The van der Waals surface area contributed by atoms with Crippen LogP contribution < -0.4 is 4.90 Å². The Hall–Kier alpha value is -1.78. The molecule has 1 fully saturated rings. The Balaban J connectivity index is 1.26. The van der Waals surface area contributed by atoms with Gasteiger partial charge in [0.05, 0.1) is 10.7 Å². The molecule has 0 atom stereocenters. The highest BCUT2D eigenvalue weighted by Crippen LogP contribution is 2.26. The molecular weight excluding hydrogens is 346 g/mol. The van der Waals surface area contributed by atoms with Crippen molar-refractivity contribution in [3.05, 3.63) is 52.8 Å². The number of anilines is 1. The first-order chi connectivity index (χ1) is 12.7. The molecule has 0 unspecified atom stereocenters. The van der Waals surface area contributed by atoms with Crippen molar-refractivity contribution in [2.45, 2.75) is 32.2 Å². The summed E-state index contributed by atoms with van der Waals surface area (Å²) in [5, 5.41) is 0.841. The minimum Gasteiger partial charge on any atom is -0.368 e. The summed E-state index contributed by atoms with van der Waals surface area (Å²) in [6.07, 6.45) is 5.99. The quantitative estimate of drug-likeness (QED) is 0.798. The third-order valence-corrected chi connectivity index (χ3v) is 5.95. The van der Waals surface area contributed by atoms with Gasteiger partial charge < -0.3 is 9.47 Å². The Morgan fingerprint density at radius 3 is 2.58 bits per heavy atom. The number of fused-ring (bicyclic) bond motifs is 1. The zero-order valence-corrected chi connectivity index (χ0v) is 15.9. The van der Waals surface area contributed by atoms with Crippen molar-refractivity contribution in [1.29, 1.82) is 0 Å². The van der Waals surface area contributed by atoms with Crippen molar-refractivity contribution < 1.29 is 4.79 Å². The van der Waals surface area contributed by atoms with Crippen molar-refractivity contribution in [3.8, 4) is 0 Å². The highest BCUT2D eigenvalue weighted by atomic mass is 35.5. The molecule has 4 rings (SSSR count). The molecule has 1 aromatic heterocycles. The summed E-state index contributed by atoms with van der Waals surface area (Å²) < 4.78 is 2.30. The second-order valence-electron chi connectivity index (χ2n) is 7.28. The molecule has 1 aromatic carbocycles. The van der Waals surface area contributed by atoms with Crippen LogP contribution in [-0.2, 0) is 13.0 Å². The molecule has 0 amide bonds. The van der Waals surface area contributed by atoms with Gasteiger partial charge in [0.2, 0.25) is 0 Å². The van der Waals surface area contributed by atoms with Gasteiger partial charge in [-0.05, 0) is 44.0 Å². The Labute approximate surface area is 160 Å². The lowest BCUT2D eigenvalue weighted by molar-refractivity contribution is 0.0971. The molecule has 0 bridgehead atoms. The number of piperazine rings is 1. The van der Waals surface area contributed by atoms with Crippen LogP contribution in [0.25, 0.3) is 0 Å². The monoisotopic (exact) mass is 371 g/mol. The van der Waals surface area contributed by atoms with Crippen LogP contribution in [0.5, 0.6) is 0 Å². The first-order valence-corrected chi connectivity index (χ1v) is 10.0. The number of aromatic nitrogens is 1. The van der Waals surface area contributed by atoms with Crippen molar-refractivity contribution in [2.75, 3.05) is 37.6 Å². The SMILES string of the molecule is O=C1CCCc2c1ccn2CCCN1CCN(c2ccccc2Cl)CC1. The van der Waals surface area contributed by atoms with Gasteiger partial charge in [-0.3, -0.25) is 9.69 Å². The molecule has 26 heavy (non-hydrogen) atoms. The van der Waals surface area contributed by atoms with E-state index in [1.807, 2.05) is 18.2 Å². The summed E-state index contributed by atoms with van der Waals surface area (Å²) >= 11 is 6.32. The molecule has 5 heteroatoms. The van der Waals surface area contributed by atoms with Crippen LogP contribution in [0, 0.1) is 0 Å². The van der Waals surface area contributed by atoms with Crippen LogP contribution in [0.15, 0.2) is 36.5 Å². The molecule has 1 aliphatic heterocycles. The Morgan fingerprint density at radius 2 is 1.77 bits per heavy atom. The number of carbonyl (C=O) groups excluding carboxylic acids is 1. The molecule has 0 spiro atoms. The number of rotatable bonds is 5. The number of aryl methyl sites for hydroxylation is 1. The minimum absolute atomic E-state index is 0.320. The summed E-state index contributed by atoms with van der Waals surface area (Å²) in [6.45, 7) is 6.32. The van der Waals surface area contributed by atoms with E-state index in [4.69, 9.17) is 11.6 Å². The highest BCUT2D eigenvalue weighted by Gasteiger charge is 2.21. The maximum absolute atomic E-state index is 12.0. The topological polar surface area (TPSA) is 28.5 Å². The first-order valence-electron chi connectivity index (χ1n) is 9.65. The van der Waals surface area contributed by atoms with Gasteiger partial charge in [-0.2, -0.15) is 0 Å². The first kappa shape index (κ1) is 17.6. The zero-order valence-electron chi connectivity index (χ0n) is 15.2. The van der Waals surface area contributed by atoms with Crippen molar-refractivity contribution >= 4 is 23.1 Å². The summed E-state index contributed by atoms with van der Waals surface area (Å²) in [6, 6.07) is 10.1. The largest absolute Gasteiger partial charge is 0.368 e. The van der Waals surface area contributed by atoms with Gasteiger partial charge in [-0.15, -0.1) is 0 Å². The molecule has 0 saturated carbocycles. The third kappa shape index (κ3) is 3.67. The lowest BCUT2D eigenvalue weighted by Crippen LogP contribution is -2.46. The fourth-order valence-corrected chi connectivity index (χ4v) is 4.44. The smallest absolute Gasteiger partial charge is 0.164 e. The van der Waals surface area contributed by atoms with Gasteiger partial charge in [0.15, 0.2) is 5.78 Å². The molecule has 2 heterocycles. The van der Waals surface area contributed by atoms with Gasteiger partial charge >= 0.3 is 0 Å². The normalized spacial score (nSPS) is 18.2. The van der Waals surface area contributed by atoms with Gasteiger partial charge in [0, 0.05) is 56.6 Å². The molecule has 1 saturated heterocycles. The number of Topliss-reactive ketones (excluding diaryl/α,β-unsaturated/α-hetero) is 1. The third-order valence-electron chi connectivity index (χ3n) is 5.64. The predicted molar refractivity (Wildman–Crippen MR) is 106 cm³/mol. The number of hydrogen-bond acceptors (Lipinski definition) is 3. The maximum atomic E-state index is 12.0. The van der Waals surface area contributed by atoms with E-state index in [1.165, 1.54) is 5.69 Å². The Kier molecular flexibility index (Phi) is 5.32. The van der Waals surface area contributed by atoms with E-state index in [0.717, 1.165) is 74.8 Å². The van der Waals surface area contributed by atoms with E-state index < -0.39 is 0 Å². The van der Waals surface area contributed by atoms with Crippen LogP contribution in [0.1, 0.15) is 35.3 Å². The highest BCUT2D eigenvalue weighted by molar-refractivity contribution is 6.33. The summed E-state index contributed by atoms with van der Waals surface area (Å²) in [5.41, 5.74) is 3.37. The lowest BCUT2D eigenvalue weighted by Gasteiger charge is -2.36. The van der Waals surface area contributed by atoms with Crippen LogP contribution in [0.4, 0.5) is 5.69 Å². The van der Waals surface area contributed by atoms with Gasteiger partial charge in [-0.1, -0.05) is 23.7 Å². The Bertz CT molecular complexity index is 777. The van der Waals surface area contributed by atoms with Gasteiger partial charge in [-0.25, -0.2) is 0 Å². The number of nitrogens with zero attached hydrogens (tertiary/aromatic N) is 3. The van der Waals surface area contributed by atoms with E-state index >= 15 is 0 Å². The van der Waals surface area contributed by atoms with Crippen molar-refractivity contribution in [2.24, 2.45) is 0 Å². The summed E-state index contributed by atoms with van der Waals surface area (Å²) in [5.74, 6) is 0.320. The molecular formula is C21H26ClN3O. The van der Waals surface area contributed by atoms with E-state index in [2.05, 4.69) is 32.7 Å². The standard InChI is InChI=1S/C21H26ClN3O/c22-18-5-1-2-6-20(18)25-15-13-23(14-16-25)10-4-11-24-12-9-17-19(24)7-3-8-21(17)26/h1-2,5-6,9,12H,3-4,7-8,10-11,13-16H2. The molecule has 2 aromatic rings. The number of halogens is 1. The number of carbonyl (C=O) groups is 1. The molecule has 0 N–H and O–H groups in total. The number of hydrogen-bond donors (Lipinski definition) is 0. The lowest BCUT2D eigenvalue weighted by atomic mass is 9.97. The average Bonchev–Trinajstić information content (AvgIpc) is 3.08. The second kappa shape index (κ2) is 7.85. The zero-order chi connectivity index (χ0) is 17.9. The number of benzene rings is 1. The van der Waals surface area contributed by atoms with E-state index in [0.29, 0.717) is 12.2 Å². The van der Waals surface area contributed by atoms with Crippen LogP contribution >= 0.6 is 11.6 Å². The molecule has 2 aliphatic rings. The number of ketones is 1. The summed E-state index contributed by atoms with van der Waals surface area (Å²) in [4.78, 5) is 16.9. The second-order valence-corrected chi connectivity index (χ2v) is 7.69. The number of para-hydroxylation sites is 1. The molecule has 138 valence electrons. The molecule has 0 radical (unpaired) electrons. The van der Waals surface area contributed by atoms with E-state index in [1.54, 1.807) is 0 Å².